The average molecular weight is 1230 g/mol. The van der Waals surface area contributed by atoms with E-state index in [9.17, 15) is 14.4 Å². The molecule has 4 fully saturated rings. The van der Waals surface area contributed by atoms with Crippen molar-refractivity contribution >= 4 is 86.7 Å². The second-order valence-electron chi connectivity index (χ2n) is 22.3. The zero-order valence-electron chi connectivity index (χ0n) is 48.5. The summed E-state index contributed by atoms with van der Waals surface area (Å²) in [6.45, 7) is 12.3. The molecule has 1 N–H and O–H groups in total. The maximum atomic E-state index is 15.4. The zero-order valence-corrected chi connectivity index (χ0v) is 51.7. The third-order valence-corrected chi connectivity index (χ3v) is 19.3. The molecule has 4 aliphatic heterocycles. The number of aryl methyl sites for hydroxylation is 1. The fourth-order valence-corrected chi connectivity index (χ4v) is 14.4. The van der Waals surface area contributed by atoms with Gasteiger partial charge in [-0.05, 0) is 142 Å². The van der Waals surface area contributed by atoms with Gasteiger partial charge in [0.25, 0.3) is 11.8 Å². The molecule has 2 unspecified atom stereocenters. The summed E-state index contributed by atoms with van der Waals surface area (Å²) in [5.41, 5.74) is 5.43. The molecule has 21 heteroatoms. The summed E-state index contributed by atoms with van der Waals surface area (Å²) in [4.78, 5) is 79.8. The highest BCUT2D eigenvalue weighted by atomic mass is 35.5. The minimum absolute atomic E-state index is 0.0478. The molecule has 0 bridgehead atoms. The number of methoxy groups -OCH3 is 2. The summed E-state index contributed by atoms with van der Waals surface area (Å²) < 4.78 is 23.9. The van der Waals surface area contributed by atoms with Crippen molar-refractivity contribution in [3.63, 3.8) is 0 Å². The number of benzene rings is 5. The number of thiazole rings is 1. The molecule has 5 aromatic carbocycles. The number of piperazine rings is 2. The van der Waals surface area contributed by atoms with Crippen molar-refractivity contribution in [2.45, 2.75) is 92.3 Å². The highest BCUT2D eigenvalue weighted by molar-refractivity contribution is 8.01. The highest BCUT2D eigenvalue weighted by Crippen LogP contribution is 2.47. The number of carbonyl (C=O) groups is 4. The van der Waals surface area contributed by atoms with E-state index in [4.69, 9.17) is 47.1 Å². The molecule has 446 valence electrons. The lowest BCUT2D eigenvalue weighted by Gasteiger charge is -2.42. The molecule has 5 aliphatic rings. The van der Waals surface area contributed by atoms with E-state index < -0.39 is 12.1 Å². The van der Waals surface area contributed by atoms with E-state index >= 15 is 4.79 Å². The zero-order chi connectivity index (χ0) is 59.3. The number of nitrogens with zero attached hydrogens (tertiary/aromatic N) is 8. The van der Waals surface area contributed by atoms with E-state index in [1.54, 1.807) is 35.1 Å². The minimum atomic E-state index is -0.590. The number of hydrogen-bond acceptors (Lipinski definition) is 14. The van der Waals surface area contributed by atoms with Crippen molar-refractivity contribution < 1.29 is 38.1 Å². The first-order valence-corrected chi connectivity index (χ1v) is 31.5. The Morgan fingerprint density at radius 1 is 0.753 bits per heavy atom. The predicted molar refractivity (Wildman–Crippen MR) is 334 cm³/mol. The van der Waals surface area contributed by atoms with Crippen LogP contribution in [0.4, 0.5) is 15.6 Å². The number of carbonyl (C=O) groups excluding carboxylic acids is 4. The molecule has 0 spiro atoms. The van der Waals surface area contributed by atoms with E-state index in [0.29, 0.717) is 100 Å². The molecular weight excluding hydrogens is 1160 g/mol. The Hall–Kier alpha value is -6.87. The minimum Gasteiger partial charge on any atom is -0.497 e. The van der Waals surface area contributed by atoms with E-state index in [1.807, 2.05) is 129 Å². The number of rotatable bonds is 15. The Morgan fingerprint density at radius 2 is 1.45 bits per heavy atom. The van der Waals surface area contributed by atoms with Crippen LogP contribution >= 0.6 is 46.3 Å². The van der Waals surface area contributed by atoms with Gasteiger partial charge in [0.2, 0.25) is 5.91 Å². The second-order valence-corrected chi connectivity index (χ2v) is 25.5. The van der Waals surface area contributed by atoms with Gasteiger partial charge in [-0.3, -0.25) is 34.5 Å². The number of halogens is 2. The van der Waals surface area contributed by atoms with Crippen molar-refractivity contribution in [2.24, 2.45) is 4.99 Å². The highest BCUT2D eigenvalue weighted by Gasteiger charge is 2.46. The summed E-state index contributed by atoms with van der Waals surface area (Å²) in [6, 6.07) is 31.2. The first-order chi connectivity index (χ1) is 41.2. The molecule has 1 aromatic heterocycles. The molecule has 5 amide bonds. The second kappa shape index (κ2) is 26.8. The quantitative estimate of drug-likeness (QED) is 0.0970. The number of ether oxygens (including phenoxy) is 4. The Morgan fingerprint density at radius 3 is 2.13 bits per heavy atom. The van der Waals surface area contributed by atoms with Gasteiger partial charge in [0.05, 0.1) is 61.1 Å². The van der Waals surface area contributed by atoms with Crippen LogP contribution in [-0.4, -0.2) is 164 Å². The van der Waals surface area contributed by atoms with Gasteiger partial charge in [-0.2, -0.15) is 0 Å². The van der Waals surface area contributed by atoms with Crippen molar-refractivity contribution in [1.29, 1.82) is 0 Å². The van der Waals surface area contributed by atoms with Crippen LogP contribution in [0.2, 0.25) is 10.0 Å². The first kappa shape index (κ1) is 59.8. The van der Waals surface area contributed by atoms with Gasteiger partial charge in [0.1, 0.15) is 35.7 Å². The molecule has 11 rings (SSSR count). The Labute approximate surface area is 515 Å². The number of aliphatic imine (C=N–C) groups is 1. The number of urea groups is 1. The molecule has 5 heterocycles. The third-order valence-electron chi connectivity index (χ3n) is 16.6. The molecule has 85 heavy (non-hydrogen) atoms. The van der Waals surface area contributed by atoms with E-state index in [1.165, 1.54) is 23.1 Å². The smallest absolute Gasteiger partial charge is 0.326 e. The van der Waals surface area contributed by atoms with Crippen LogP contribution in [0.3, 0.4) is 0 Å². The van der Waals surface area contributed by atoms with Gasteiger partial charge in [0, 0.05) is 96.7 Å². The number of anilines is 2. The summed E-state index contributed by atoms with van der Waals surface area (Å²) >= 11 is 15.7. The van der Waals surface area contributed by atoms with Crippen LogP contribution in [0.5, 0.6) is 17.2 Å². The van der Waals surface area contributed by atoms with Crippen molar-refractivity contribution in [3.05, 3.63) is 153 Å². The predicted octanol–water partition coefficient (Wildman–Crippen LogP) is 11.8. The largest absolute Gasteiger partial charge is 0.497 e. The lowest BCUT2D eigenvalue weighted by Crippen LogP contribution is -2.58. The number of hydrogen-bond donors (Lipinski definition) is 1. The average Bonchev–Trinajstić information content (AvgIpc) is 2.42. The van der Waals surface area contributed by atoms with Crippen molar-refractivity contribution in [3.8, 4) is 17.2 Å². The lowest BCUT2D eigenvalue weighted by molar-refractivity contribution is -0.138. The SMILES string of the molecule is COc1ccc(C2=N[C@@H](c3ccc(Cl)cc3)[C@@H](c3ccc(Cl)cc3)N2C(=O)N2CCN(C3CCCC(N4CCN(c5ccc(C(=O)Nc6ncc(Sc7cc(C(=O)N8CCOCC8)c(OC)cc7C)s6)cc5)CC4)CC3)C(=O)C2)c(OC(C)C)c1. The molecular formula is C64H71Cl2N9O8S2. The fraction of sp³-hybridized carbons (Fsp3) is 0.406. The Bertz CT molecular complexity index is 3410. The summed E-state index contributed by atoms with van der Waals surface area (Å²) in [6.07, 6.45) is 6.45. The Kier molecular flexibility index (Phi) is 18.9. The molecule has 1 aliphatic carbocycles. The van der Waals surface area contributed by atoms with Gasteiger partial charge in [0.15, 0.2) is 5.13 Å². The van der Waals surface area contributed by atoms with E-state index in [0.717, 1.165) is 89.8 Å². The standard InChI is InChI=1S/C64H71Cl2N9O8S2/c1-40(2)83-54-36-50(80-4)23-24-51(54)60-68-58(42-9-15-45(65)16-10-42)59(43-11-17-46(66)18-12-43)75(60)64(79)73-29-30-74(56(76)39-73)49-8-6-7-47(21-22-49)70-25-27-71(28-26-70)48-19-13-44(14-20-48)61(77)69-63-67-38-57(85-63)84-55-37-52(53(81-5)35-41(55)3)62(78)72-31-33-82-34-32-72/h9-20,23-24,35-38,40,47,49,58-59H,6-8,21-22,25-34,39H2,1-5H3,(H,67,69,77)/t47?,49?,58-,59+/m0/s1. The molecule has 4 atom stereocenters. The van der Waals surface area contributed by atoms with Crippen molar-refractivity contribution in [2.75, 3.05) is 96.6 Å². The molecule has 0 radical (unpaired) electrons. The van der Waals surface area contributed by atoms with Crippen LogP contribution < -0.4 is 24.4 Å². The maximum Gasteiger partial charge on any atom is 0.326 e. The number of amidine groups is 1. The van der Waals surface area contributed by atoms with Crippen LogP contribution in [0.1, 0.15) is 101 Å². The van der Waals surface area contributed by atoms with Gasteiger partial charge in [-0.15, -0.1) is 0 Å². The molecule has 17 nitrogen and oxygen atoms in total. The summed E-state index contributed by atoms with van der Waals surface area (Å²) in [5, 5.41) is 4.63. The number of morpholine rings is 1. The van der Waals surface area contributed by atoms with Crippen LogP contribution in [0.25, 0.3) is 0 Å². The molecule has 3 saturated heterocycles. The van der Waals surface area contributed by atoms with Crippen molar-refractivity contribution in [1.82, 2.24) is 29.5 Å². The fourth-order valence-electron chi connectivity index (χ4n) is 12.2. The maximum absolute atomic E-state index is 15.4. The number of amides is 5. The molecule has 1 saturated carbocycles. The topological polar surface area (TPSA) is 162 Å². The number of aromatic nitrogens is 1. The Balaban J connectivity index is 0.690. The summed E-state index contributed by atoms with van der Waals surface area (Å²) in [5.74, 6) is 1.73. The normalized spacial score (nSPS) is 20.5. The monoisotopic (exact) mass is 1230 g/mol. The van der Waals surface area contributed by atoms with Crippen LogP contribution in [0.15, 0.2) is 123 Å². The third kappa shape index (κ3) is 13.6. The van der Waals surface area contributed by atoms with E-state index in [2.05, 4.69) is 20.1 Å². The first-order valence-electron chi connectivity index (χ1n) is 29.1. The van der Waals surface area contributed by atoms with Crippen LogP contribution in [-0.2, 0) is 9.53 Å². The van der Waals surface area contributed by atoms with Gasteiger partial charge in [-0.1, -0.05) is 70.6 Å². The van der Waals surface area contributed by atoms with E-state index in [-0.39, 0.29) is 42.4 Å². The van der Waals surface area contributed by atoms with Gasteiger partial charge >= 0.3 is 6.03 Å². The lowest BCUT2D eigenvalue weighted by atomic mass is 9.93. The molecule has 6 aromatic rings. The van der Waals surface area contributed by atoms with Gasteiger partial charge < -0.3 is 38.5 Å². The number of nitrogens with one attached hydrogen (secondary N) is 1. The summed E-state index contributed by atoms with van der Waals surface area (Å²) in [7, 11) is 3.18. The van der Waals surface area contributed by atoms with Crippen LogP contribution in [0, 0.1) is 6.92 Å². The van der Waals surface area contributed by atoms with Gasteiger partial charge in [-0.25, -0.2) is 9.78 Å².